The van der Waals surface area contributed by atoms with Gasteiger partial charge in [-0.25, -0.2) is 4.98 Å². The van der Waals surface area contributed by atoms with Crippen LogP contribution in [-0.4, -0.2) is 39.7 Å². The van der Waals surface area contributed by atoms with Crippen molar-refractivity contribution in [3.8, 4) is 0 Å². The Morgan fingerprint density at radius 2 is 2.14 bits per heavy atom. The third kappa shape index (κ3) is 2.70. The monoisotopic (exact) mass is 307 g/mol. The van der Waals surface area contributed by atoms with Crippen molar-refractivity contribution < 1.29 is 14.4 Å². The van der Waals surface area contributed by atoms with Gasteiger partial charge in [0.25, 0.3) is 5.91 Å². The smallest absolute Gasteiger partial charge is 0.266 e. The van der Waals surface area contributed by atoms with E-state index in [1.54, 1.807) is 11.1 Å². The Hall–Kier alpha value is -1.76. The predicted molar refractivity (Wildman–Crippen MR) is 76.9 cm³/mol. The van der Waals surface area contributed by atoms with Gasteiger partial charge in [-0.3, -0.25) is 19.7 Å². The van der Waals surface area contributed by atoms with Crippen LogP contribution in [0.2, 0.25) is 0 Å². The lowest BCUT2D eigenvalue weighted by atomic mass is 10.2. The van der Waals surface area contributed by atoms with Crippen molar-refractivity contribution in [2.24, 2.45) is 0 Å². The number of imide groups is 1. The molecule has 2 heterocycles. The summed E-state index contributed by atoms with van der Waals surface area (Å²) in [6.45, 7) is 4.05. The van der Waals surface area contributed by atoms with Gasteiger partial charge in [-0.1, -0.05) is 13.8 Å². The van der Waals surface area contributed by atoms with Crippen LogP contribution in [-0.2, 0) is 9.59 Å². The summed E-state index contributed by atoms with van der Waals surface area (Å²) < 4.78 is 0. The quantitative estimate of drug-likeness (QED) is 0.850. The molecule has 1 atom stereocenters. The van der Waals surface area contributed by atoms with Gasteiger partial charge in [-0.05, 0) is 12.8 Å². The van der Waals surface area contributed by atoms with Crippen LogP contribution in [0.5, 0.6) is 0 Å². The maximum absolute atomic E-state index is 12.7. The summed E-state index contributed by atoms with van der Waals surface area (Å²) in [7, 11) is 0. The number of carbonyl (C=O) groups excluding carboxylic acids is 3. The van der Waals surface area contributed by atoms with Crippen molar-refractivity contribution >= 4 is 29.1 Å². The highest BCUT2D eigenvalue weighted by Crippen LogP contribution is 2.33. The second kappa shape index (κ2) is 5.22. The lowest BCUT2D eigenvalue weighted by Crippen LogP contribution is -2.45. The van der Waals surface area contributed by atoms with Gasteiger partial charge >= 0.3 is 0 Å². The van der Waals surface area contributed by atoms with Crippen LogP contribution < -0.4 is 5.32 Å². The van der Waals surface area contributed by atoms with Gasteiger partial charge in [0.2, 0.25) is 11.8 Å². The summed E-state index contributed by atoms with van der Waals surface area (Å²) in [6, 6.07) is -0.592. The summed E-state index contributed by atoms with van der Waals surface area (Å²) in [6.07, 6.45) is 3.42. The molecule has 3 amide bonds. The second-order valence-corrected chi connectivity index (χ2v) is 6.86. The van der Waals surface area contributed by atoms with Crippen molar-refractivity contribution in [1.29, 1.82) is 0 Å². The zero-order valence-electron chi connectivity index (χ0n) is 12.0. The Kier molecular flexibility index (Phi) is 3.52. The van der Waals surface area contributed by atoms with Crippen molar-refractivity contribution in [2.45, 2.75) is 51.1 Å². The molecule has 1 aromatic rings. The van der Waals surface area contributed by atoms with E-state index in [0.29, 0.717) is 4.88 Å². The number of hydrogen-bond acceptors (Lipinski definition) is 5. The molecule has 0 unspecified atom stereocenters. The summed E-state index contributed by atoms with van der Waals surface area (Å²) in [5.74, 6) is -0.594. The molecule has 2 fully saturated rings. The lowest BCUT2D eigenvalue weighted by Gasteiger charge is -2.25. The molecule has 1 aliphatic carbocycles. The minimum absolute atomic E-state index is 0.0664. The van der Waals surface area contributed by atoms with Crippen LogP contribution in [0.4, 0.5) is 0 Å². The third-order valence-corrected chi connectivity index (χ3v) is 4.97. The van der Waals surface area contributed by atoms with Crippen molar-refractivity contribution in [2.75, 3.05) is 0 Å². The van der Waals surface area contributed by atoms with E-state index in [-0.39, 0.29) is 36.1 Å². The number of nitrogens with zero attached hydrogens (tertiary/aromatic N) is 2. The van der Waals surface area contributed by atoms with E-state index in [1.807, 2.05) is 13.8 Å². The molecule has 112 valence electrons. The molecular formula is C14H17N3O3S. The van der Waals surface area contributed by atoms with Crippen LogP contribution >= 0.6 is 11.3 Å². The summed E-state index contributed by atoms with van der Waals surface area (Å²) in [5, 5.41) is 3.18. The molecule has 2 aliphatic rings. The molecule has 1 saturated carbocycles. The standard InChI is InChI=1S/C14H17N3O3S/c1-7(2)13-15-6-10(21-13)14(20)17(8-3-4-8)9-5-11(18)16-12(9)19/h6-9H,3-5H2,1-2H3,(H,16,18,19)/t9-/m0/s1. The number of nitrogens with one attached hydrogen (secondary N) is 1. The van der Waals surface area contributed by atoms with Crippen LogP contribution in [0.15, 0.2) is 6.20 Å². The largest absolute Gasteiger partial charge is 0.322 e. The molecule has 7 heteroatoms. The highest BCUT2D eigenvalue weighted by atomic mass is 32.1. The topological polar surface area (TPSA) is 79.4 Å². The van der Waals surface area contributed by atoms with Gasteiger partial charge in [-0.15, -0.1) is 11.3 Å². The molecule has 0 bridgehead atoms. The Bertz CT molecular complexity index is 606. The number of carbonyl (C=O) groups is 3. The first kappa shape index (κ1) is 14.2. The first-order chi connectivity index (χ1) is 9.97. The fraction of sp³-hybridized carbons (Fsp3) is 0.571. The van der Waals surface area contributed by atoms with Crippen LogP contribution in [0.3, 0.4) is 0 Å². The summed E-state index contributed by atoms with van der Waals surface area (Å²) in [5.41, 5.74) is 0. The summed E-state index contributed by atoms with van der Waals surface area (Å²) >= 11 is 1.36. The zero-order valence-corrected chi connectivity index (χ0v) is 12.8. The first-order valence-electron chi connectivity index (χ1n) is 7.09. The van der Waals surface area contributed by atoms with E-state index >= 15 is 0 Å². The van der Waals surface area contributed by atoms with Crippen molar-refractivity contribution in [3.05, 3.63) is 16.1 Å². The van der Waals surface area contributed by atoms with Gasteiger partial charge < -0.3 is 4.90 Å². The Labute approximate surface area is 126 Å². The van der Waals surface area contributed by atoms with Gasteiger partial charge in [0.05, 0.1) is 17.6 Å². The number of rotatable bonds is 4. The average molecular weight is 307 g/mol. The van der Waals surface area contributed by atoms with Gasteiger partial charge in [0.1, 0.15) is 10.9 Å². The maximum atomic E-state index is 12.7. The van der Waals surface area contributed by atoms with E-state index < -0.39 is 6.04 Å². The molecule has 0 spiro atoms. The number of hydrogen-bond donors (Lipinski definition) is 1. The highest BCUT2D eigenvalue weighted by molar-refractivity contribution is 7.13. The van der Waals surface area contributed by atoms with E-state index in [1.165, 1.54) is 11.3 Å². The number of thiazole rings is 1. The van der Waals surface area contributed by atoms with Crippen LogP contribution in [0.1, 0.15) is 53.7 Å². The van der Waals surface area contributed by atoms with Crippen LogP contribution in [0, 0.1) is 0 Å². The lowest BCUT2D eigenvalue weighted by molar-refractivity contribution is -0.126. The second-order valence-electron chi connectivity index (χ2n) is 5.79. The van der Waals surface area contributed by atoms with E-state index in [4.69, 9.17) is 0 Å². The average Bonchev–Trinajstić information content (AvgIpc) is 3.00. The molecular weight excluding hydrogens is 290 g/mol. The Balaban J connectivity index is 1.85. The zero-order chi connectivity index (χ0) is 15.1. The molecule has 1 saturated heterocycles. The first-order valence-corrected chi connectivity index (χ1v) is 7.91. The molecule has 6 nitrogen and oxygen atoms in total. The van der Waals surface area contributed by atoms with Gasteiger partial charge in [-0.2, -0.15) is 0 Å². The molecule has 1 N–H and O–H groups in total. The number of aromatic nitrogens is 1. The fourth-order valence-electron chi connectivity index (χ4n) is 2.46. The van der Waals surface area contributed by atoms with Gasteiger partial charge in [0.15, 0.2) is 0 Å². The third-order valence-electron chi connectivity index (χ3n) is 3.68. The predicted octanol–water partition coefficient (Wildman–Crippen LogP) is 1.29. The van der Waals surface area contributed by atoms with E-state index in [0.717, 1.165) is 17.8 Å². The minimum atomic E-state index is -0.665. The molecule has 0 radical (unpaired) electrons. The SMILES string of the molecule is CC(C)c1ncc(C(=O)N(C2CC2)[C@H]2CC(=O)NC2=O)s1. The fourth-order valence-corrected chi connectivity index (χ4v) is 3.32. The normalized spacial score (nSPS) is 21.8. The van der Waals surface area contributed by atoms with Crippen LogP contribution in [0.25, 0.3) is 0 Å². The molecule has 1 aromatic heterocycles. The molecule has 21 heavy (non-hydrogen) atoms. The summed E-state index contributed by atoms with van der Waals surface area (Å²) in [4.78, 5) is 42.3. The van der Waals surface area contributed by atoms with E-state index in [9.17, 15) is 14.4 Å². The van der Waals surface area contributed by atoms with Gasteiger partial charge in [0, 0.05) is 12.0 Å². The maximum Gasteiger partial charge on any atom is 0.266 e. The molecule has 1 aliphatic heterocycles. The van der Waals surface area contributed by atoms with E-state index in [2.05, 4.69) is 10.3 Å². The van der Waals surface area contributed by atoms with Crippen molar-refractivity contribution in [1.82, 2.24) is 15.2 Å². The number of amides is 3. The molecule has 3 rings (SSSR count). The molecule has 0 aromatic carbocycles. The Morgan fingerprint density at radius 3 is 2.62 bits per heavy atom. The Morgan fingerprint density at radius 1 is 1.43 bits per heavy atom. The van der Waals surface area contributed by atoms with Crippen molar-refractivity contribution in [3.63, 3.8) is 0 Å². The minimum Gasteiger partial charge on any atom is -0.322 e. The highest BCUT2D eigenvalue weighted by Gasteiger charge is 2.45.